The van der Waals surface area contributed by atoms with Gasteiger partial charge in [0.25, 0.3) is 0 Å². The third-order valence-corrected chi connectivity index (χ3v) is 4.00. The number of thioether (sulfide) groups is 1. The predicted octanol–water partition coefficient (Wildman–Crippen LogP) is 2.62. The van der Waals surface area contributed by atoms with Crippen molar-refractivity contribution < 1.29 is 0 Å². The Hall–Kier alpha value is -0.180. The van der Waals surface area contributed by atoms with Crippen molar-refractivity contribution in [3.05, 3.63) is 0 Å². The minimum absolute atomic E-state index is 0.325. The van der Waals surface area contributed by atoms with E-state index in [9.17, 15) is 0 Å². The maximum Gasteiger partial charge on any atom is 0.0916 e. The summed E-state index contributed by atoms with van der Waals surface area (Å²) in [5.74, 6) is 2.54. The zero-order valence-corrected chi connectivity index (χ0v) is 9.20. The zero-order chi connectivity index (χ0) is 9.68. The smallest absolute Gasteiger partial charge is 0.0916 e. The molecule has 0 saturated heterocycles. The van der Waals surface area contributed by atoms with Crippen LogP contribution >= 0.6 is 11.8 Å². The summed E-state index contributed by atoms with van der Waals surface area (Å²) in [5.41, 5.74) is 5.35. The number of hydrogen-bond acceptors (Lipinski definition) is 2. The highest BCUT2D eigenvalue weighted by Crippen LogP contribution is 2.29. The van der Waals surface area contributed by atoms with Gasteiger partial charge in [-0.1, -0.05) is 19.8 Å². The Morgan fingerprint density at radius 2 is 2.15 bits per heavy atom. The van der Waals surface area contributed by atoms with Gasteiger partial charge in [-0.25, -0.2) is 0 Å². The number of rotatable bonds is 5. The van der Waals surface area contributed by atoms with E-state index in [0.717, 1.165) is 12.3 Å². The molecule has 0 aromatic rings. The molecule has 2 nitrogen and oxygen atoms in total. The zero-order valence-electron chi connectivity index (χ0n) is 8.38. The third-order valence-electron chi connectivity index (χ3n) is 2.60. The van der Waals surface area contributed by atoms with Crippen LogP contribution in [0.15, 0.2) is 0 Å². The van der Waals surface area contributed by atoms with E-state index in [1.165, 1.54) is 31.4 Å². The fourth-order valence-corrected chi connectivity index (χ4v) is 3.08. The molecule has 0 heterocycles. The van der Waals surface area contributed by atoms with Gasteiger partial charge in [0.2, 0.25) is 0 Å². The Bertz CT molecular complexity index is 164. The lowest BCUT2D eigenvalue weighted by Crippen LogP contribution is -2.16. The van der Waals surface area contributed by atoms with Crippen molar-refractivity contribution in [1.82, 2.24) is 0 Å². The number of nitrogens with one attached hydrogen (secondary N) is 1. The number of amidine groups is 1. The Kier molecular flexibility index (Phi) is 4.64. The molecular formula is C10H20N2S. The first-order chi connectivity index (χ1) is 6.18. The lowest BCUT2D eigenvalue weighted by Gasteiger charge is -2.13. The molecule has 0 spiro atoms. The van der Waals surface area contributed by atoms with Crippen LogP contribution in [-0.4, -0.2) is 16.8 Å². The van der Waals surface area contributed by atoms with Crippen LogP contribution in [0.4, 0.5) is 0 Å². The van der Waals surface area contributed by atoms with Gasteiger partial charge in [0.15, 0.2) is 0 Å². The molecule has 1 unspecified atom stereocenters. The summed E-state index contributed by atoms with van der Waals surface area (Å²) >= 11 is 1.98. The van der Waals surface area contributed by atoms with Crippen molar-refractivity contribution in [1.29, 1.82) is 5.41 Å². The summed E-state index contributed by atoms with van der Waals surface area (Å²) in [5, 5.41) is 7.70. The van der Waals surface area contributed by atoms with Gasteiger partial charge in [-0.15, -0.1) is 0 Å². The van der Waals surface area contributed by atoms with E-state index >= 15 is 0 Å². The van der Waals surface area contributed by atoms with E-state index in [4.69, 9.17) is 11.1 Å². The molecule has 1 saturated carbocycles. The summed E-state index contributed by atoms with van der Waals surface area (Å²) in [6.07, 6.45) is 6.43. The lowest BCUT2D eigenvalue weighted by atomic mass is 10.1. The van der Waals surface area contributed by atoms with Crippen LogP contribution in [0.25, 0.3) is 0 Å². The molecule has 13 heavy (non-hydrogen) atoms. The van der Waals surface area contributed by atoms with Crippen LogP contribution in [0, 0.1) is 11.3 Å². The third kappa shape index (κ3) is 4.55. The van der Waals surface area contributed by atoms with Crippen LogP contribution in [-0.2, 0) is 0 Å². The first-order valence-electron chi connectivity index (χ1n) is 5.13. The largest absolute Gasteiger partial charge is 0.388 e. The maximum atomic E-state index is 7.18. The molecular weight excluding hydrogens is 180 g/mol. The normalized spacial score (nSPS) is 20.4. The molecule has 1 atom stereocenters. The summed E-state index contributed by atoms with van der Waals surface area (Å²) in [6.45, 7) is 2.17. The van der Waals surface area contributed by atoms with Crippen molar-refractivity contribution in [2.24, 2.45) is 11.7 Å². The molecule has 0 aliphatic heterocycles. The number of nitrogens with two attached hydrogens (primary N) is 1. The van der Waals surface area contributed by atoms with Gasteiger partial charge < -0.3 is 5.73 Å². The van der Waals surface area contributed by atoms with Gasteiger partial charge in [-0.05, 0) is 24.5 Å². The molecule has 76 valence electrons. The first-order valence-corrected chi connectivity index (χ1v) is 6.18. The van der Waals surface area contributed by atoms with Crippen LogP contribution in [0.5, 0.6) is 0 Å². The van der Waals surface area contributed by atoms with Crippen LogP contribution < -0.4 is 5.73 Å². The molecule has 3 N–H and O–H groups in total. The van der Waals surface area contributed by atoms with Crippen molar-refractivity contribution in [3.8, 4) is 0 Å². The standard InChI is InChI=1S/C10H20N2S/c1-8(6-10(11)12)13-7-9-4-2-3-5-9/h8-9H,2-7H2,1H3,(H3,11,12). The van der Waals surface area contributed by atoms with Gasteiger partial charge in [0.05, 0.1) is 5.84 Å². The van der Waals surface area contributed by atoms with E-state index in [2.05, 4.69) is 6.92 Å². The molecule has 1 fully saturated rings. The minimum Gasteiger partial charge on any atom is -0.388 e. The molecule has 3 heteroatoms. The van der Waals surface area contributed by atoms with Crippen LogP contribution in [0.2, 0.25) is 0 Å². The molecule has 0 amide bonds. The Morgan fingerprint density at radius 1 is 1.54 bits per heavy atom. The fraction of sp³-hybridized carbons (Fsp3) is 0.900. The van der Waals surface area contributed by atoms with E-state index < -0.39 is 0 Å². The first kappa shape index (κ1) is 10.9. The van der Waals surface area contributed by atoms with E-state index in [1.54, 1.807) is 0 Å². The monoisotopic (exact) mass is 200 g/mol. The van der Waals surface area contributed by atoms with Gasteiger partial charge in [-0.2, -0.15) is 11.8 Å². The van der Waals surface area contributed by atoms with Gasteiger partial charge >= 0.3 is 0 Å². The molecule has 1 rings (SSSR count). The summed E-state index contributed by atoms with van der Waals surface area (Å²) < 4.78 is 0. The van der Waals surface area contributed by atoms with Gasteiger partial charge in [0.1, 0.15) is 0 Å². The molecule has 1 aliphatic carbocycles. The Balaban J connectivity index is 2.06. The van der Waals surface area contributed by atoms with Crippen molar-refractivity contribution in [3.63, 3.8) is 0 Å². The summed E-state index contributed by atoms with van der Waals surface area (Å²) in [7, 11) is 0. The summed E-state index contributed by atoms with van der Waals surface area (Å²) in [6, 6.07) is 0. The van der Waals surface area contributed by atoms with Crippen molar-refractivity contribution >= 4 is 17.6 Å². The Labute approximate surface area is 85.2 Å². The van der Waals surface area contributed by atoms with Crippen LogP contribution in [0.1, 0.15) is 39.0 Å². The quantitative estimate of drug-likeness (QED) is 0.529. The van der Waals surface area contributed by atoms with Crippen molar-refractivity contribution in [2.75, 3.05) is 5.75 Å². The highest BCUT2D eigenvalue weighted by Gasteiger charge is 2.16. The fourth-order valence-electron chi connectivity index (χ4n) is 1.85. The van der Waals surface area contributed by atoms with E-state index in [0.29, 0.717) is 11.1 Å². The van der Waals surface area contributed by atoms with E-state index in [-0.39, 0.29) is 0 Å². The molecule has 0 radical (unpaired) electrons. The maximum absolute atomic E-state index is 7.18. The highest BCUT2D eigenvalue weighted by molar-refractivity contribution is 7.99. The molecule has 0 aromatic carbocycles. The molecule has 1 aliphatic rings. The second-order valence-electron chi connectivity index (χ2n) is 4.02. The van der Waals surface area contributed by atoms with Crippen LogP contribution in [0.3, 0.4) is 0 Å². The number of hydrogen-bond donors (Lipinski definition) is 2. The molecule has 0 bridgehead atoms. The average molecular weight is 200 g/mol. The summed E-state index contributed by atoms with van der Waals surface area (Å²) in [4.78, 5) is 0. The SMILES string of the molecule is CC(CC(=N)N)SCC1CCCC1. The second kappa shape index (κ2) is 5.53. The average Bonchev–Trinajstić information content (AvgIpc) is 2.51. The lowest BCUT2D eigenvalue weighted by molar-refractivity contribution is 0.622. The highest BCUT2D eigenvalue weighted by atomic mass is 32.2. The van der Waals surface area contributed by atoms with Crippen molar-refractivity contribution in [2.45, 2.75) is 44.3 Å². The topological polar surface area (TPSA) is 49.9 Å². The second-order valence-corrected chi connectivity index (χ2v) is 5.50. The van der Waals surface area contributed by atoms with Gasteiger partial charge in [-0.3, -0.25) is 5.41 Å². The van der Waals surface area contributed by atoms with E-state index in [1.807, 2.05) is 11.8 Å². The predicted molar refractivity (Wildman–Crippen MR) is 60.4 cm³/mol. The Morgan fingerprint density at radius 3 is 2.69 bits per heavy atom. The minimum atomic E-state index is 0.325. The molecule has 0 aromatic heterocycles. The van der Waals surface area contributed by atoms with Gasteiger partial charge in [0, 0.05) is 11.7 Å².